The summed E-state index contributed by atoms with van der Waals surface area (Å²) in [5.74, 6) is -0.0998. The van der Waals surface area contributed by atoms with Crippen LogP contribution in [0.5, 0.6) is 0 Å². The van der Waals surface area contributed by atoms with Gasteiger partial charge in [0, 0.05) is 18.8 Å². The van der Waals surface area contributed by atoms with E-state index in [1.54, 1.807) is 6.92 Å². The number of fused-ring (bicyclic) bond motifs is 1. The number of carboxylic acids is 1. The average Bonchev–Trinajstić information content (AvgIpc) is 2.93. The van der Waals surface area contributed by atoms with Crippen LogP contribution in [0.3, 0.4) is 0 Å². The molecule has 1 aromatic heterocycles. The summed E-state index contributed by atoms with van der Waals surface area (Å²) >= 11 is 0. The minimum Gasteiger partial charge on any atom is -0.481 e. The lowest BCUT2D eigenvalue weighted by molar-refractivity contribution is -0.148. The smallest absolute Gasteiger partial charge is 0.311 e. The fourth-order valence-electron chi connectivity index (χ4n) is 3.38. The second kappa shape index (κ2) is 5.03. The highest BCUT2D eigenvalue weighted by molar-refractivity contribution is 5.75. The minimum absolute atomic E-state index is 0.419. The van der Waals surface area contributed by atoms with Crippen molar-refractivity contribution in [1.29, 1.82) is 5.26 Å². The lowest BCUT2D eigenvalue weighted by Gasteiger charge is -2.38. The van der Waals surface area contributed by atoms with E-state index in [2.05, 4.69) is 11.1 Å². The van der Waals surface area contributed by atoms with Crippen molar-refractivity contribution in [2.24, 2.45) is 5.41 Å². The Morgan fingerprint density at radius 1 is 1.48 bits per heavy atom. The van der Waals surface area contributed by atoms with Crippen molar-refractivity contribution >= 4 is 11.8 Å². The van der Waals surface area contributed by atoms with Crippen molar-refractivity contribution in [3.8, 4) is 6.07 Å². The molecule has 5 heteroatoms. The molecule has 1 saturated heterocycles. The number of aliphatic carboxylic acids is 1. The van der Waals surface area contributed by atoms with E-state index in [-0.39, 0.29) is 0 Å². The second-order valence-corrected chi connectivity index (χ2v) is 6.32. The van der Waals surface area contributed by atoms with Gasteiger partial charge in [-0.15, -0.1) is 0 Å². The first-order valence-corrected chi connectivity index (χ1v) is 7.45. The van der Waals surface area contributed by atoms with Crippen molar-refractivity contribution in [2.45, 2.75) is 39.0 Å². The van der Waals surface area contributed by atoms with Crippen molar-refractivity contribution < 1.29 is 9.90 Å². The number of carboxylic acid groups (broad SMARTS) is 1. The maximum Gasteiger partial charge on any atom is 0.311 e. The molecule has 2 aliphatic rings. The van der Waals surface area contributed by atoms with Gasteiger partial charge in [-0.3, -0.25) is 4.79 Å². The molecule has 1 aliphatic carbocycles. The summed E-state index contributed by atoms with van der Waals surface area (Å²) in [6.07, 6.45) is 4.52. The third-order valence-electron chi connectivity index (χ3n) is 4.66. The van der Waals surface area contributed by atoms with Gasteiger partial charge in [-0.1, -0.05) is 0 Å². The van der Waals surface area contributed by atoms with Crippen LogP contribution < -0.4 is 4.90 Å². The Morgan fingerprint density at radius 3 is 3.00 bits per heavy atom. The van der Waals surface area contributed by atoms with E-state index in [0.29, 0.717) is 24.3 Å². The Labute approximate surface area is 124 Å². The van der Waals surface area contributed by atoms with E-state index in [9.17, 15) is 15.2 Å². The molecular formula is C16H19N3O2. The highest BCUT2D eigenvalue weighted by Crippen LogP contribution is 2.34. The number of rotatable bonds is 2. The quantitative estimate of drug-likeness (QED) is 0.900. The van der Waals surface area contributed by atoms with Crippen LogP contribution in [0.4, 0.5) is 5.82 Å². The zero-order valence-corrected chi connectivity index (χ0v) is 12.2. The zero-order valence-electron chi connectivity index (χ0n) is 12.2. The van der Waals surface area contributed by atoms with E-state index in [1.807, 2.05) is 11.0 Å². The van der Waals surface area contributed by atoms with Crippen LogP contribution >= 0.6 is 0 Å². The molecule has 1 aromatic rings. The normalized spacial score (nSPS) is 24.5. The Kier molecular flexibility index (Phi) is 3.32. The van der Waals surface area contributed by atoms with Crippen molar-refractivity contribution in [1.82, 2.24) is 4.98 Å². The summed E-state index contributed by atoms with van der Waals surface area (Å²) in [6.45, 7) is 2.97. The number of aromatic nitrogens is 1. The number of carbonyl (C=O) groups is 1. The number of nitrogens with zero attached hydrogens (tertiary/aromatic N) is 3. The van der Waals surface area contributed by atoms with Crippen molar-refractivity contribution in [2.75, 3.05) is 18.0 Å². The molecule has 1 aliphatic heterocycles. The van der Waals surface area contributed by atoms with Gasteiger partial charge in [0.1, 0.15) is 11.9 Å². The third kappa shape index (κ3) is 2.35. The Bertz CT molecular complexity index is 635. The standard InChI is InChI=1S/C16H19N3O2/c1-16(15(20)21)6-3-7-19(10-16)14-12(9-17)8-11-4-2-5-13(11)18-14/h8H,2-7,10H2,1H3,(H,20,21). The van der Waals surface area contributed by atoms with Crippen LogP contribution in [0, 0.1) is 16.7 Å². The zero-order chi connectivity index (χ0) is 15.0. The summed E-state index contributed by atoms with van der Waals surface area (Å²) < 4.78 is 0. The summed E-state index contributed by atoms with van der Waals surface area (Å²) in [7, 11) is 0. The number of nitriles is 1. The third-order valence-corrected chi connectivity index (χ3v) is 4.66. The molecule has 0 saturated carbocycles. The van der Waals surface area contributed by atoms with Gasteiger partial charge in [-0.25, -0.2) is 4.98 Å². The van der Waals surface area contributed by atoms with E-state index < -0.39 is 11.4 Å². The number of anilines is 1. The van der Waals surface area contributed by atoms with E-state index in [0.717, 1.165) is 37.9 Å². The van der Waals surface area contributed by atoms with Gasteiger partial charge in [0.05, 0.1) is 11.0 Å². The van der Waals surface area contributed by atoms with Crippen LogP contribution in [0.1, 0.15) is 43.0 Å². The predicted octanol–water partition coefficient (Wildman–Crippen LogP) is 2.13. The summed E-state index contributed by atoms with van der Waals surface area (Å²) in [5.41, 5.74) is 2.07. The van der Waals surface area contributed by atoms with Crippen LogP contribution in [0.25, 0.3) is 0 Å². The van der Waals surface area contributed by atoms with Gasteiger partial charge in [0.15, 0.2) is 0 Å². The van der Waals surface area contributed by atoms with E-state index >= 15 is 0 Å². The van der Waals surface area contributed by atoms with Gasteiger partial charge in [-0.2, -0.15) is 5.26 Å². The van der Waals surface area contributed by atoms with Gasteiger partial charge in [0.2, 0.25) is 0 Å². The molecule has 1 N–H and O–H groups in total. The minimum atomic E-state index is -0.771. The highest BCUT2D eigenvalue weighted by Gasteiger charge is 2.39. The molecule has 21 heavy (non-hydrogen) atoms. The largest absolute Gasteiger partial charge is 0.481 e. The number of aryl methyl sites for hydroxylation is 2. The van der Waals surface area contributed by atoms with Gasteiger partial charge in [0.25, 0.3) is 0 Å². The van der Waals surface area contributed by atoms with E-state index in [4.69, 9.17) is 0 Å². The van der Waals surface area contributed by atoms with Crippen LogP contribution in [-0.2, 0) is 17.6 Å². The molecule has 110 valence electrons. The molecule has 1 fully saturated rings. The van der Waals surface area contributed by atoms with Crippen LogP contribution in [-0.4, -0.2) is 29.1 Å². The lowest BCUT2D eigenvalue weighted by atomic mass is 9.82. The second-order valence-electron chi connectivity index (χ2n) is 6.32. The van der Waals surface area contributed by atoms with Gasteiger partial charge < -0.3 is 10.0 Å². The molecule has 1 atom stereocenters. The Hall–Kier alpha value is -2.09. The first-order valence-electron chi connectivity index (χ1n) is 7.45. The van der Waals surface area contributed by atoms with Crippen LogP contribution in [0.15, 0.2) is 6.07 Å². The molecule has 5 nitrogen and oxygen atoms in total. The maximum absolute atomic E-state index is 11.5. The van der Waals surface area contributed by atoms with Gasteiger partial charge >= 0.3 is 5.97 Å². The Balaban J connectivity index is 1.97. The monoisotopic (exact) mass is 285 g/mol. The van der Waals surface area contributed by atoms with E-state index in [1.165, 1.54) is 5.56 Å². The summed E-state index contributed by atoms with van der Waals surface area (Å²) in [5, 5.41) is 18.8. The molecule has 2 heterocycles. The summed E-state index contributed by atoms with van der Waals surface area (Å²) in [4.78, 5) is 18.1. The number of pyridine rings is 1. The van der Waals surface area contributed by atoms with Gasteiger partial charge in [-0.05, 0) is 50.7 Å². The first kappa shape index (κ1) is 13.9. The molecule has 0 spiro atoms. The van der Waals surface area contributed by atoms with Crippen molar-refractivity contribution in [3.63, 3.8) is 0 Å². The number of hydrogen-bond acceptors (Lipinski definition) is 4. The fourth-order valence-corrected chi connectivity index (χ4v) is 3.38. The maximum atomic E-state index is 11.5. The fraction of sp³-hybridized carbons (Fsp3) is 0.562. The highest BCUT2D eigenvalue weighted by atomic mass is 16.4. The average molecular weight is 285 g/mol. The summed E-state index contributed by atoms with van der Waals surface area (Å²) in [6, 6.07) is 4.17. The van der Waals surface area contributed by atoms with Crippen molar-refractivity contribution in [3.05, 3.63) is 22.9 Å². The molecule has 3 rings (SSSR count). The number of hydrogen-bond donors (Lipinski definition) is 1. The lowest BCUT2D eigenvalue weighted by Crippen LogP contribution is -2.46. The molecule has 1 unspecified atom stereocenters. The van der Waals surface area contributed by atoms with Crippen LogP contribution in [0.2, 0.25) is 0 Å². The topological polar surface area (TPSA) is 77.2 Å². The molecule has 0 aromatic carbocycles. The molecule has 0 radical (unpaired) electrons. The first-order chi connectivity index (χ1) is 10.0. The Morgan fingerprint density at radius 2 is 2.29 bits per heavy atom. The molecule has 0 amide bonds. The molecule has 0 bridgehead atoms. The predicted molar refractivity (Wildman–Crippen MR) is 78.2 cm³/mol. The molecular weight excluding hydrogens is 266 g/mol. The number of piperidine rings is 1. The SMILES string of the molecule is CC1(C(=O)O)CCCN(c2nc3c(cc2C#N)CCC3)C1.